The molecule has 2 aromatic rings. The van der Waals surface area contributed by atoms with Crippen LogP contribution in [-0.2, 0) is 9.59 Å². The Morgan fingerprint density at radius 1 is 1.05 bits per heavy atom. The molecular formula is C33H44N2O3. The molecule has 0 radical (unpaired) electrons. The van der Waals surface area contributed by atoms with Crippen molar-refractivity contribution >= 4 is 28.8 Å². The fourth-order valence-electron chi connectivity index (χ4n) is 5.98. The van der Waals surface area contributed by atoms with Crippen LogP contribution in [0.15, 0.2) is 53.5 Å². The van der Waals surface area contributed by atoms with Crippen molar-refractivity contribution in [1.29, 1.82) is 0 Å². The van der Waals surface area contributed by atoms with Crippen molar-refractivity contribution in [3.8, 4) is 5.75 Å². The van der Waals surface area contributed by atoms with E-state index in [2.05, 4.69) is 34.6 Å². The second-order valence-corrected chi connectivity index (χ2v) is 11.7. The number of benzene rings is 2. The third-order valence-electron chi connectivity index (χ3n) is 7.97. The molecule has 1 aliphatic carbocycles. The number of aliphatic imine (C=N–C) groups is 1. The monoisotopic (exact) mass is 516 g/mol. The number of Topliss-reactive ketones (excluding diaryl/α,β-unsaturated/α-hetero) is 1. The number of ketones is 1. The topological polar surface area (TPSA) is 59.0 Å². The molecule has 2 aromatic carbocycles. The van der Waals surface area contributed by atoms with Gasteiger partial charge < -0.3 is 9.64 Å². The summed E-state index contributed by atoms with van der Waals surface area (Å²) in [6.45, 7) is 11.3. The third kappa shape index (κ3) is 6.03. The van der Waals surface area contributed by atoms with Crippen LogP contribution in [0.5, 0.6) is 5.75 Å². The summed E-state index contributed by atoms with van der Waals surface area (Å²) >= 11 is 0. The number of rotatable bonds is 10. The maximum Gasteiger partial charge on any atom is 0.230 e. The quantitative estimate of drug-likeness (QED) is 0.299. The number of para-hydroxylation sites is 2. The summed E-state index contributed by atoms with van der Waals surface area (Å²) in [4.78, 5) is 35.5. The highest BCUT2D eigenvalue weighted by molar-refractivity contribution is 6.13. The van der Waals surface area contributed by atoms with Crippen molar-refractivity contribution in [1.82, 2.24) is 0 Å². The molecule has 1 heterocycles. The first-order valence-corrected chi connectivity index (χ1v) is 14.5. The second-order valence-electron chi connectivity index (χ2n) is 11.7. The van der Waals surface area contributed by atoms with Crippen LogP contribution in [-0.4, -0.2) is 24.0 Å². The molecule has 3 atom stereocenters. The maximum atomic E-state index is 14.5. The molecule has 0 aromatic heterocycles. The Kier molecular flexibility index (Phi) is 9.07. The number of ether oxygens (including phenoxy) is 1. The van der Waals surface area contributed by atoms with Gasteiger partial charge in [-0.05, 0) is 60.9 Å². The zero-order valence-corrected chi connectivity index (χ0v) is 23.8. The van der Waals surface area contributed by atoms with E-state index in [1.165, 1.54) is 0 Å². The zero-order valence-electron chi connectivity index (χ0n) is 23.8. The van der Waals surface area contributed by atoms with E-state index < -0.39 is 12.0 Å². The van der Waals surface area contributed by atoms with Gasteiger partial charge in [0.1, 0.15) is 11.5 Å². The van der Waals surface area contributed by atoms with Gasteiger partial charge in [-0.2, -0.15) is 0 Å². The van der Waals surface area contributed by atoms with Gasteiger partial charge in [-0.1, -0.05) is 78.1 Å². The Morgan fingerprint density at radius 3 is 2.55 bits per heavy atom. The lowest BCUT2D eigenvalue weighted by atomic mass is 9.67. The van der Waals surface area contributed by atoms with E-state index in [9.17, 15) is 9.59 Å². The van der Waals surface area contributed by atoms with Gasteiger partial charge in [0.15, 0.2) is 0 Å². The Labute approximate surface area is 228 Å². The van der Waals surface area contributed by atoms with E-state index in [1.807, 2.05) is 53.4 Å². The fourth-order valence-corrected chi connectivity index (χ4v) is 5.98. The highest BCUT2D eigenvalue weighted by Crippen LogP contribution is 2.49. The van der Waals surface area contributed by atoms with Gasteiger partial charge in [0.2, 0.25) is 5.91 Å². The molecule has 2 aliphatic rings. The lowest BCUT2D eigenvalue weighted by molar-refractivity contribution is -0.126. The second kappa shape index (κ2) is 12.3. The average molecular weight is 517 g/mol. The van der Waals surface area contributed by atoms with Gasteiger partial charge in [0.25, 0.3) is 0 Å². The molecule has 4 rings (SSSR count). The number of carbonyl (C=O) groups is 2. The van der Waals surface area contributed by atoms with Gasteiger partial charge >= 0.3 is 0 Å². The van der Waals surface area contributed by atoms with Crippen LogP contribution in [0.3, 0.4) is 0 Å². The maximum absolute atomic E-state index is 14.5. The standard InChI is InChI=1S/C33H44N2O3/c1-6-9-14-23(8-3)32(37)35-28-18-12-11-17-26(28)34-27-21-33(4,5)22-29(36)30(27)31(35)24-15-13-16-25(20-24)38-19-10-7-2/h11-13,15-18,20,23,30-31H,6-10,14,19,21-22H2,1-5H3/t23-,30+,31+/m0/s1. The molecular weight excluding hydrogens is 472 g/mol. The average Bonchev–Trinajstić information content (AvgIpc) is 3.03. The third-order valence-corrected chi connectivity index (χ3v) is 7.97. The highest BCUT2D eigenvalue weighted by atomic mass is 16.5. The molecule has 1 fully saturated rings. The molecule has 5 heteroatoms. The molecule has 1 aliphatic heterocycles. The molecule has 1 amide bonds. The summed E-state index contributed by atoms with van der Waals surface area (Å²) in [6, 6.07) is 15.5. The van der Waals surface area contributed by atoms with Crippen LogP contribution in [0.1, 0.15) is 97.6 Å². The Bertz CT molecular complexity index is 1170. The molecule has 0 N–H and O–H groups in total. The number of fused-ring (bicyclic) bond motifs is 2. The number of unbranched alkanes of at least 4 members (excludes halogenated alkanes) is 2. The van der Waals surface area contributed by atoms with Crippen molar-refractivity contribution in [2.75, 3.05) is 11.5 Å². The van der Waals surface area contributed by atoms with Crippen molar-refractivity contribution in [2.45, 2.75) is 92.0 Å². The van der Waals surface area contributed by atoms with Crippen molar-refractivity contribution in [2.24, 2.45) is 22.2 Å². The van der Waals surface area contributed by atoms with E-state index >= 15 is 0 Å². The number of amides is 1. The molecule has 38 heavy (non-hydrogen) atoms. The lowest BCUT2D eigenvalue weighted by Crippen LogP contribution is -2.48. The molecule has 1 saturated carbocycles. The molecule has 204 valence electrons. The van der Waals surface area contributed by atoms with Gasteiger partial charge in [-0.15, -0.1) is 0 Å². The summed E-state index contributed by atoms with van der Waals surface area (Å²) < 4.78 is 6.07. The van der Waals surface area contributed by atoms with Gasteiger partial charge in [-0.25, -0.2) is 0 Å². The normalized spacial score (nSPS) is 21.1. The number of hydrogen-bond acceptors (Lipinski definition) is 4. The van der Waals surface area contributed by atoms with Crippen LogP contribution in [0.25, 0.3) is 0 Å². The fraction of sp³-hybridized carbons (Fsp3) is 0.545. The van der Waals surface area contributed by atoms with Gasteiger partial charge in [0, 0.05) is 18.1 Å². The lowest BCUT2D eigenvalue weighted by Gasteiger charge is -2.42. The van der Waals surface area contributed by atoms with Crippen LogP contribution < -0.4 is 9.64 Å². The van der Waals surface area contributed by atoms with Crippen molar-refractivity contribution < 1.29 is 14.3 Å². The van der Waals surface area contributed by atoms with Crippen molar-refractivity contribution in [3.63, 3.8) is 0 Å². The first-order valence-electron chi connectivity index (χ1n) is 14.5. The van der Waals surface area contributed by atoms with E-state index in [0.717, 1.165) is 73.3 Å². The summed E-state index contributed by atoms with van der Waals surface area (Å²) in [7, 11) is 0. The Hall–Kier alpha value is -2.95. The summed E-state index contributed by atoms with van der Waals surface area (Å²) in [6.07, 6.45) is 6.91. The smallest absolute Gasteiger partial charge is 0.230 e. The van der Waals surface area contributed by atoms with Crippen LogP contribution in [0.2, 0.25) is 0 Å². The predicted molar refractivity (Wildman–Crippen MR) is 155 cm³/mol. The summed E-state index contributed by atoms with van der Waals surface area (Å²) in [5.74, 6) is 0.445. The minimum Gasteiger partial charge on any atom is -0.494 e. The number of carbonyl (C=O) groups excluding carboxylic acids is 2. The minimum absolute atomic E-state index is 0.0878. The zero-order chi connectivity index (χ0) is 27.3. The Morgan fingerprint density at radius 2 is 1.82 bits per heavy atom. The Balaban J connectivity index is 1.89. The van der Waals surface area contributed by atoms with E-state index in [0.29, 0.717) is 13.0 Å². The number of anilines is 1. The molecule has 5 nitrogen and oxygen atoms in total. The molecule has 0 bridgehead atoms. The molecule has 0 saturated heterocycles. The van der Waals surface area contributed by atoms with E-state index in [4.69, 9.17) is 9.73 Å². The number of hydrogen-bond donors (Lipinski definition) is 0. The van der Waals surface area contributed by atoms with Gasteiger partial charge in [0.05, 0.1) is 29.9 Å². The van der Waals surface area contributed by atoms with Crippen LogP contribution in [0.4, 0.5) is 11.4 Å². The first-order chi connectivity index (χ1) is 18.3. The largest absolute Gasteiger partial charge is 0.494 e. The van der Waals surface area contributed by atoms with Gasteiger partial charge in [-0.3, -0.25) is 14.6 Å². The van der Waals surface area contributed by atoms with E-state index in [-0.39, 0.29) is 23.0 Å². The summed E-state index contributed by atoms with van der Waals surface area (Å²) in [5, 5.41) is 0. The highest BCUT2D eigenvalue weighted by Gasteiger charge is 2.48. The predicted octanol–water partition coefficient (Wildman–Crippen LogP) is 8.25. The van der Waals surface area contributed by atoms with E-state index in [1.54, 1.807) is 0 Å². The van der Waals surface area contributed by atoms with Crippen LogP contribution >= 0.6 is 0 Å². The number of nitrogens with zero attached hydrogens (tertiary/aromatic N) is 2. The molecule has 0 unspecified atom stereocenters. The van der Waals surface area contributed by atoms with Crippen molar-refractivity contribution in [3.05, 3.63) is 54.1 Å². The molecule has 0 spiro atoms. The van der Waals surface area contributed by atoms with Crippen LogP contribution in [0, 0.1) is 17.3 Å². The minimum atomic E-state index is -0.478. The first kappa shape index (κ1) is 28.1. The SMILES string of the molecule is CCCCOc1cccc([C@@H]2[C@H]3C(=O)CC(C)(C)CC3=Nc3ccccc3N2C(=O)[C@@H](CC)CCCC)c1. The summed E-state index contributed by atoms with van der Waals surface area (Å²) in [5.41, 5.74) is 3.22.